The van der Waals surface area contributed by atoms with Crippen LogP contribution in [0.1, 0.15) is 30.0 Å². The molecule has 0 aromatic heterocycles. The summed E-state index contributed by atoms with van der Waals surface area (Å²) in [6.07, 6.45) is 2.84. The van der Waals surface area contributed by atoms with E-state index in [4.69, 9.17) is 4.74 Å². The van der Waals surface area contributed by atoms with Gasteiger partial charge in [0, 0.05) is 33.4 Å². The molecule has 3 aromatic rings. The summed E-state index contributed by atoms with van der Waals surface area (Å²) in [6.45, 7) is 2.64. The van der Waals surface area contributed by atoms with Crippen molar-refractivity contribution in [2.45, 2.75) is 32.7 Å². The molecule has 0 saturated carbocycles. The molecule has 4 nitrogen and oxygen atoms in total. The molecule has 0 aliphatic rings. The van der Waals surface area contributed by atoms with E-state index in [2.05, 4.69) is 30.3 Å². The Labute approximate surface area is 172 Å². The number of nitrogens with zero attached hydrogens (tertiary/aromatic N) is 1. The normalized spacial score (nSPS) is 10.7. The van der Waals surface area contributed by atoms with Crippen molar-refractivity contribution >= 4 is 23.0 Å². The average Bonchev–Trinajstić information content (AvgIpc) is 2.73. The molecule has 3 aromatic carbocycles. The topological polar surface area (TPSA) is 46.6 Å². The SMILES string of the molecule is CC(=O)N(C)Cc1ccc(CCC=O)c(OCCc2ccc3ccccc3c2)c1. The number of aryl methyl sites for hydroxylation is 1. The molecule has 0 bridgehead atoms. The maximum absolute atomic E-state index is 11.5. The summed E-state index contributed by atoms with van der Waals surface area (Å²) in [6, 6.07) is 20.8. The molecular formula is C25H27NO3. The second kappa shape index (κ2) is 9.87. The molecule has 0 atom stereocenters. The molecule has 1 amide bonds. The molecule has 0 N–H and O–H groups in total. The zero-order chi connectivity index (χ0) is 20.6. The standard InChI is InChI=1S/C25H27NO3/c1-19(28)26(2)18-21-10-12-23(8-5-14-27)25(17-21)29-15-13-20-9-11-22-6-3-4-7-24(22)16-20/h3-4,6-7,9-12,14,16-17H,5,8,13,15,18H2,1-2H3. The lowest BCUT2D eigenvalue weighted by Gasteiger charge is -2.17. The summed E-state index contributed by atoms with van der Waals surface area (Å²) < 4.78 is 6.11. The van der Waals surface area contributed by atoms with Crippen molar-refractivity contribution in [2.75, 3.05) is 13.7 Å². The van der Waals surface area contributed by atoms with Crippen LogP contribution in [0.3, 0.4) is 0 Å². The molecule has 29 heavy (non-hydrogen) atoms. The van der Waals surface area contributed by atoms with Crippen molar-refractivity contribution in [2.24, 2.45) is 0 Å². The summed E-state index contributed by atoms with van der Waals surface area (Å²) in [4.78, 5) is 24.0. The summed E-state index contributed by atoms with van der Waals surface area (Å²) >= 11 is 0. The van der Waals surface area contributed by atoms with E-state index >= 15 is 0 Å². The Bertz CT molecular complexity index is 996. The first kappa shape index (κ1) is 20.6. The second-order valence-corrected chi connectivity index (χ2v) is 7.30. The monoisotopic (exact) mass is 389 g/mol. The first-order valence-corrected chi connectivity index (χ1v) is 9.94. The Morgan fingerprint density at radius 1 is 0.966 bits per heavy atom. The fourth-order valence-electron chi connectivity index (χ4n) is 3.31. The fourth-order valence-corrected chi connectivity index (χ4v) is 3.31. The van der Waals surface area contributed by atoms with E-state index in [-0.39, 0.29) is 5.91 Å². The van der Waals surface area contributed by atoms with Crippen molar-refractivity contribution in [3.8, 4) is 5.75 Å². The molecule has 0 aliphatic heterocycles. The number of hydrogen-bond acceptors (Lipinski definition) is 3. The second-order valence-electron chi connectivity index (χ2n) is 7.30. The number of fused-ring (bicyclic) bond motifs is 1. The van der Waals surface area contributed by atoms with Gasteiger partial charge in [0.25, 0.3) is 0 Å². The van der Waals surface area contributed by atoms with Crippen LogP contribution in [-0.4, -0.2) is 30.7 Å². The van der Waals surface area contributed by atoms with Crippen molar-refractivity contribution < 1.29 is 14.3 Å². The predicted octanol–water partition coefficient (Wildman–Crippen LogP) is 4.57. The number of amides is 1. The number of ether oxygens (including phenoxy) is 1. The number of benzene rings is 3. The number of aldehydes is 1. The molecule has 0 radical (unpaired) electrons. The summed E-state index contributed by atoms with van der Waals surface area (Å²) in [7, 11) is 1.78. The van der Waals surface area contributed by atoms with Gasteiger partial charge in [0.05, 0.1) is 6.61 Å². The highest BCUT2D eigenvalue weighted by molar-refractivity contribution is 5.83. The van der Waals surface area contributed by atoms with Crippen LogP contribution in [0.2, 0.25) is 0 Å². The minimum Gasteiger partial charge on any atom is -0.493 e. The molecule has 0 aliphatic carbocycles. The van der Waals surface area contributed by atoms with Gasteiger partial charge in [-0.15, -0.1) is 0 Å². The number of hydrogen-bond donors (Lipinski definition) is 0. The maximum Gasteiger partial charge on any atom is 0.219 e. The largest absolute Gasteiger partial charge is 0.493 e. The van der Waals surface area contributed by atoms with Crippen LogP contribution in [0.5, 0.6) is 5.75 Å². The quantitative estimate of drug-likeness (QED) is 0.504. The van der Waals surface area contributed by atoms with Crippen molar-refractivity contribution in [3.63, 3.8) is 0 Å². The van der Waals surface area contributed by atoms with Crippen LogP contribution < -0.4 is 4.74 Å². The van der Waals surface area contributed by atoms with Crippen LogP contribution in [0.25, 0.3) is 10.8 Å². The molecular weight excluding hydrogens is 362 g/mol. The highest BCUT2D eigenvalue weighted by Crippen LogP contribution is 2.23. The first-order valence-electron chi connectivity index (χ1n) is 9.94. The van der Waals surface area contributed by atoms with Gasteiger partial charge in [-0.05, 0) is 39.9 Å². The molecule has 0 fully saturated rings. The lowest BCUT2D eigenvalue weighted by molar-refractivity contribution is -0.128. The van der Waals surface area contributed by atoms with Crippen molar-refractivity contribution in [1.82, 2.24) is 4.90 Å². The average molecular weight is 389 g/mol. The van der Waals surface area contributed by atoms with Crippen LogP contribution >= 0.6 is 0 Å². The maximum atomic E-state index is 11.5. The Morgan fingerprint density at radius 3 is 2.48 bits per heavy atom. The van der Waals surface area contributed by atoms with Gasteiger partial charge in [-0.3, -0.25) is 4.79 Å². The first-order chi connectivity index (χ1) is 14.1. The van der Waals surface area contributed by atoms with Crippen LogP contribution in [-0.2, 0) is 29.0 Å². The third-order valence-electron chi connectivity index (χ3n) is 5.08. The lowest BCUT2D eigenvalue weighted by Crippen LogP contribution is -2.23. The van der Waals surface area contributed by atoms with Gasteiger partial charge in [-0.1, -0.05) is 54.6 Å². The molecule has 0 heterocycles. The lowest BCUT2D eigenvalue weighted by atomic mass is 10.0. The van der Waals surface area contributed by atoms with Gasteiger partial charge in [0.1, 0.15) is 12.0 Å². The van der Waals surface area contributed by atoms with E-state index < -0.39 is 0 Å². The minimum absolute atomic E-state index is 0.0220. The van der Waals surface area contributed by atoms with E-state index in [9.17, 15) is 9.59 Å². The Balaban J connectivity index is 1.70. The third kappa shape index (κ3) is 5.67. The van der Waals surface area contributed by atoms with Crippen LogP contribution in [0.4, 0.5) is 0 Å². The van der Waals surface area contributed by atoms with Gasteiger partial charge in [0.2, 0.25) is 5.91 Å². The highest BCUT2D eigenvalue weighted by atomic mass is 16.5. The smallest absolute Gasteiger partial charge is 0.219 e. The third-order valence-corrected chi connectivity index (χ3v) is 5.08. The Morgan fingerprint density at radius 2 is 1.72 bits per heavy atom. The molecule has 0 unspecified atom stereocenters. The van der Waals surface area contributed by atoms with Gasteiger partial charge < -0.3 is 14.4 Å². The minimum atomic E-state index is 0.0220. The summed E-state index contributed by atoms with van der Waals surface area (Å²) in [5, 5.41) is 2.46. The summed E-state index contributed by atoms with van der Waals surface area (Å²) in [5.74, 6) is 0.816. The van der Waals surface area contributed by atoms with E-state index in [1.807, 2.05) is 30.3 Å². The number of carbonyl (C=O) groups excluding carboxylic acids is 2. The Hall–Kier alpha value is -3.14. The summed E-state index contributed by atoms with van der Waals surface area (Å²) in [5.41, 5.74) is 3.26. The molecule has 0 spiro atoms. The molecule has 3 rings (SSSR count). The molecule has 0 saturated heterocycles. The van der Waals surface area contributed by atoms with E-state index in [0.717, 1.165) is 29.6 Å². The zero-order valence-corrected chi connectivity index (χ0v) is 17.1. The van der Waals surface area contributed by atoms with Crippen LogP contribution in [0, 0.1) is 0 Å². The number of rotatable bonds is 9. The van der Waals surface area contributed by atoms with E-state index in [0.29, 0.717) is 26.0 Å². The van der Waals surface area contributed by atoms with Gasteiger partial charge >= 0.3 is 0 Å². The Kier molecular flexibility index (Phi) is 7.01. The van der Waals surface area contributed by atoms with Crippen molar-refractivity contribution in [1.29, 1.82) is 0 Å². The van der Waals surface area contributed by atoms with Gasteiger partial charge in [-0.2, -0.15) is 0 Å². The zero-order valence-electron chi connectivity index (χ0n) is 17.1. The molecule has 4 heteroatoms. The predicted molar refractivity (Wildman–Crippen MR) is 116 cm³/mol. The fraction of sp³-hybridized carbons (Fsp3) is 0.280. The van der Waals surface area contributed by atoms with Gasteiger partial charge in [0.15, 0.2) is 0 Å². The van der Waals surface area contributed by atoms with E-state index in [1.165, 1.54) is 16.3 Å². The van der Waals surface area contributed by atoms with E-state index in [1.54, 1.807) is 18.9 Å². The number of carbonyl (C=O) groups is 2. The van der Waals surface area contributed by atoms with Crippen LogP contribution in [0.15, 0.2) is 60.7 Å². The molecule has 150 valence electrons. The van der Waals surface area contributed by atoms with Gasteiger partial charge in [-0.25, -0.2) is 0 Å². The van der Waals surface area contributed by atoms with Crippen molar-refractivity contribution in [3.05, 3.63) is 77.4 Å². The highest BCUT2D eigenvalue weighted by Gasteiger charge is 2.09.